The molecule has 1 aliphatic heterocycles. The van der Waals surface area contributed by atoms with Crippen LogP contribution in [0.2, 0.25) is 0 Å². The molecule has 3 aromatic rings. The van der Waals surface area contributed by atoms with Crippen LogP contribution >= 0.6 is 0 Å². The molecule has 1 amide bonds. The maximum absolute atomic E-state index is 15.0. The SMILES string of the molecule is COc1cc2c(N)nc(N3CCN(C(=O)C=Cc4ccc(C#N)cc4)CC3)nc2c(F)c1OC. The van der Waals surface area contributed by atoms with Gasteiger partial charge >= 0.3 is 0 Å². The van der Waals surface area contributed by atoms with Crippen molar-refractivity contribution >= 4 is 34.7 Å². The van der Waals surface area contributed by atoms with Gasteiger partial charge in [0, 0.05) is 37.6 Å². The lowest BCUT2D eigenvalue weighted by atomic mass is 10.1. The van der Waals surface area contributed by atoms with Crippen molar-refractivity contribution in [1.82, 2.24) is 14.9 Å². The molecule has 2 aromatic carbocycles. The molecule has 0 radical (unpaired) electrons. The molecule has 9 nitrogen and oxygen atoms in total. The van der Waals surface area contributed by atoms with Crippen LogP contribution in [0, 0.1) is 17.1 Å². The Balaban J connectivity index is 1.47. The molecule has 0 saturated carbocycles. The first-order valence-corrected chi connectivity index (χ1v) is 10.5. The standard InChI is InChI=1S/C24H23FN6O3/c1-33-18-13-17-21(20(25)22(18)34-2)28-24(29-23(17)27)31-11-9-30(10-12-31)19(32)8-7-15-3-5-16(14-26)6-4-15/h3-8,13H,9-12H2,1-2H3,(H2,27,28,29). The number of fused-ring (bicyclic) bond motifs is 1. The van der Waals surface area contributed by atoms with Gasteiger partial charge in [-0.05, 0) is 29.8 Å². The largest absolute Gasteiger partial charge is 0.493 e. The van der Waals surface area contributed by atoms with Crippen LogP contribution in [-0.2, 0) is 4.79 Å². The first kappa shape index (κ1) is 22.8. The van der Waals surface area contributed by atoms with E-state index in [2.05, 4.69) is 16.0 Å². The van der Waals surface area contributed by atoms with Crippen LogP contribution in [0.5, 0.6) is 11.5 Å². The van der Waals surface area contributed by atoms with E-state index in [1.165, 1.54) is 20.3 Å². The molecular weight excluding hydrogens is 439 g/mol. The van der Waals surface area contributed by atoms with Gasteiger partial charge in [0.2, 0.25) is 11.9 Å². The average Bonchev–Trinajstić information content (AvgIpc) is 2.87. The third-order valence-electron chi connectivity index (χ3n) is 5.63. The van der Waals surface area contributed by atoms with Crippen LogP contribution in [0.15, 0.2) is 36.4 Å². The van der Waals surface area contributed by atoms with Crippen LogP contribution in [-0.4, -0.2) is 61.2 Å². The van der Waals surface area contributed by atoms with E-state index in [1.807, 2.05) is 4.90 Å². The van der Waals surface area contributed by atoms with E-state index < -0.39 is 5.82 Å². The number of halogens is 1. The normalized spacial score (nSPS) is 13.8. The van der Waals surface area contributed by atoms with Crippen molar-refractivity contribution in [3.63, 3.8) is 0 Å². The number of amides is 1. The summed E-state index contributed by atoms with van der Waals surface area (Å²) in [5.41, 5.74) is 7.55. The first-order valence-electron chi connectivity index (χ1n) is 10.5. The Labute approximate surface area is 195 Å². The highest BCUT2D eigenvalue weighted by molar-refractivity contribution is 5.93. The number of aromatic nitrogens is 2. The monoisotopic (exact) mass is 462 g/mol. The van der Waals surface area contributed by atoms with Crippen LogP contribution < -0.4 is 20.1 Å². The second kappa shape index (κ2) is 9.62. The van der Waals surface area contributed by atoms with Crippen LogP contribution in [0.1, 0.15) is 11.1 Å². The highest BCUT2D eigenvalue weighted by atomic mass is 19.1. The quantitative estimate of drug-likeness (QED) is 0.575. The number of anilines is 2. The van der Waals surface area contributed by atoms with Crippen molar-refractivity contribution < 1.29 is 18.7 Å². The summed E-state index contributed by atoms with van der Waals surface area (Å²) in [6, 6.07) is 10.6. The molecule has 1 aliphatic rings. The third-order valence-corrected chi connectivity index (χ3v) is 5.63. The summed E-state index contributed by atoms with van der Waals surface area (Å²) in [6.07, 6.45) is 3.23. The number of methoxy groups -OCH3 is 2. The Kier molecular flexibility index (Phi) is 6.45. The molecule has 34 heavy (non-hydrogen) atoms. The predicted octanol–water partition coefficient (Wildman–Crippen LogP) is 2.60. The Morgan fingerprint density at radius 3 is 2.47 bits per heavy atom. The minimum absolute atomic E-state index is 0.0454. The molecule has 2 heterocycles. The van der Waals surface area contributed by atoms with Gasteiger partial charge in [-0.2, -0.15) is 10.2 Å². The summed E-state index contributed by atoms with van der Waals surface area (Å²) in [5, 5.41) is 9.20. The second-order valence-electron chi connectivity index (χ2n) is 7.61. The van der Waals surface area contributed by atoms with Gasteiger partial charge in [-0.25, -0.2) is 9.37 Å². The number of carbonyl (C=O) groups is 1. The smallest absolute Gasteiger partial charge is 0.246 e. The summed E-state index contributed by atoms with van der Waals surface area (Å²) < 4.78 is 25.3. The number of nitriles is 1. The highest BCUT2D eigenvalue weighted by Crippen LogP contribution is 2.37. The minimum Gasteiger partial charge on any atom is -0.493 e. The molecule has 1 fully saturated rings. The van der Waals surface area contributed by atoms with E-state index in [1.54, 1.807) is 41.3 Å². The lowest BCUT2D eigenvalue weighted by Crippen LogP contribution is -2.48. The van der Waals surface area contributed by atoms with Gasteiger partial charge in [0.1, 0.15) is 11.3 Å². The van der Waals surface area contributed by atoms with Crippen molar-refractivity contribution in [3.8, 4) is 17.6 Å². The van der Waals surface area contributed by atoms with E-state index in [-0.39, 0.29) is 34.7 Å². The maximum Gasteiger partial charge on any atom is 0.246 e. The van der Waals surface area contributed by atoms with E-state index in [9.17, 15) is 4.79 Å². The summed E-state index contributed by atoms with van der Waals surface area (Å²) >= 11 is 0. The fourth-order valence-electron chi connectivity index (χ4n) is 3.75. The van der Waals surface area contributed by atoms with Crippen molar-refractivity contribution in [2.24, 2.45) is 0 Å². The van der Waals surface area contributed by atoms with Gasteiger partial charge in [-0.1, -0.05) is 12.1 Å². The molecule has 174 valence electrons. The van der Waals surface area contributed by atoms with Gasteiger partial charge in [0.25, 0.3) is 0 Å². The average molecular weight is 462 g/mol. The Morgan fingerprint density at radius 2 is 1.85 bits per heavy atom. The number of ether oxygens (including phenoxy) is 2. The highest BCUT2D eigenvalue weighted by Gasteiger charge is 2.24. The zero-order chi connectivity index (χ0) is 24.2. The van der Waals surface area contributed by atoms with E-state index in [0.717, 1.165) is 5.56 Å². The topological polar surface area (TPSA) is 118 Å². The zero-order valence-electron chi connectivity index (χ0n) is 18.8. The van der Waals surface area contributed by atoms with Gasteiger partial charge < -0.3 is 25.0 Å². The lowest BCUT2D eigenvalue weighted by Gasteiger charge is -2.34. The molecule has 2 N–H and O–H groups in total. The van der Waals surface area contributed by atoms with Crippen LogP contribution in [0.4, 0.5) is 16.2 Å². The van der Waals surface area contributed by atoms with Crippen LogP contribution in [0.3, 0.4) is 0 Å². The van der Waals surface area contributed by atoms with E-state index >= 15 is 4.39 Å². The van der Waals surface area contributed by atoms with Gasteiger partial charge in [0.05, 0.1) is 25.9 Å². The van der Waals surface area contributed by atoms with Gasteiger partial charge in [-0.3, -0.25) is 4.79 Å². The maximum atomic E-state index is 15.0. The summed E-state index contributed by atoms with van der Waals surface area (Å²) in [4.78, 5) is 24.9. The second-order valence-corrected chi connectivity index (χ2v) is 7.61. The molecule has 1 saturated heterocycles. The fraction of sp³-hybridized carbons (Fsp3) is 0.250. The Bertz CT molecular complexity index is 1300. The third kappa shape index (κ3) is 4.41. The number of rotatable bonds is 5. The van der Waals surface area contributed by atoms with Crippen molar-refractivity contribution in [2.75, 3.05) is 51.0 Å². The fourth-order valence-corrected chi connectivity index (χ4v) is 3.75. The van der Waals surface area contributed by atoms with E-state index in [0.29, 0.717) is 37.1 Å². The van der Waals surface area contributed by atoms with Gasteiger partial charge in [0.15, 0.2) is 17.3 Å². The van der Waals surface area contributed by atoms with E-state index in [4.69, 9.17) is 20.5 Å². The molecule has 4 rings (SSSR count). The number of carbonyl (C=O) groups excluding carboxylic acids is 1. The summed E-state index contributed by atoms with van der Waals surface area (Å²) in [6.45, 7) is 1.84. The first-order chi connectivity index (χ1) is 16.4. The summed E-state index contributed by atoms with van der Waals surface area (Å²) in [7, 11) is 2.76. The summed E-state index contributed by atoms with van der Waals surface area (Å²) in [5.74, 6) is -0.222. The number of nitrogen functional groups attached to an aromatic ring is 1. The zero-order valence-corrected chi connectivity index (χ0v) is 18.8. The molecule has 10 heteroatoms. The van der Waals surface area contributed by atoms with Crippen molar-refractivity contribution in [2.45, 2.75) is 0 Å². The molecule has 1 aromatic heterocycles. The lowest BCUT2D eigenvalue weighted by molar-refractivity contribution is -0.126. The molecule has 0 atom stereocenters. The van der Waals surface area contributed by atoms with Crippen molar-refractivity contribution in [1.29, 1.82) is 5.26 Å². The minimum atomic E-state index is -0.672. The molecule has 0 spiro atoms. The number of hydrogen-bond acceptors (Lipinski definition) is 8. The number of benzene rings is 2. The number of nitrogens with zero attached hydrogens (tertiary/aromatic N) is 5. The van der Waals surface area contributed by atoms with Crippen molar-refractivity contribution in [3.05, 3.63) is 53.4 Å². The van der Waals surface area contributed by atoms with Crippen LogP contribution in [0.25, 0.3) is 17.0 Å². The Hall–Kier alpha value is -4.39. The Morgan fingerprint density at radius 1 is 1.15 bits per heavy atom. The molecule has 0 bridgehead atoms. The predicted molar refractivity (Wildman–Crippen MR) is 126 cm³/mol. The van der Waals surface area contributed by atoms with Gasteiger partial charge in [-0.15, -0.1) is 0 Å². The number of hydrogen-bond donors (Lipinski definition) is 1. The molecular formula is C24H23FN6O3. The number of piperazine rings is 1. The molecule has 0 aliphatic carbocycles. The number of nitrogens with two attached hydrogens (primary N) is 1. The molecule has 0 unspecified atom stereocenters.